The van der Waals surface area contributed by atoms with Crippen LogP contribution in [-0.2, 0) is 22.6 Å². The third kappa shape index (κ3) is 6.40. The summed E-state index contributed by atoms with van der Waals surface area (Å²) >= 11 is 0. The minimum atomic E-state index is -0.746. The zero-order chi connectivity index (χ0) is 22.1. The van der Waals surface area contributed by atoms with Crippen LogP contribution in [0.5, 0.6) is 5.75 Å². The van der Waals surface area contributed by atoms with E-state index in [4.69, 9.17) is 4.74 Å². The van der Waals surface area contributed by atoms with Crippen molar-refractivity contribution < 1.29 is 18.7 Å². The Bertz CT molecular complexity index is 979. The van der Waals surface area contributed by atoms with Gasteiger partial charge in [0.15, 0.2) is 6.61 Å². The lowest BCUT2D eigenvalue weighted by Gasteiger charge is -2.31. The molecule has 0 heterocycles. The summed E-state index contributed by atoms with van der Waals surface area (Å²) in [5, 5.41) is 2.66. The van der Waals surface area contributed by atoms with Gasteiger partial charge in [0.25, 0.3) is 5.91 Å². The number of para-hydroxylation sites is 1. The van der Waals surface area contributed by atoms with Crippen LogP contribution in [-0.4, -0.2) is 36.4 Å². The number of carbonyl (C=O) groups excluding carboxylic acids is 2. The number of nitrogens with one attached hydrogen (secondary N) is 1. The summed E-state index contributed by atoms with van der Waals surface area (Å²) in [7, 11) is 1.54. The average molecular weight is 420 g/mol. The Hall–Kier alpha value is -3.67. The van der Waals surface area contributed by atoms with E-state index in [9.17, 15) is 14.0 Å². The summed E-state index contributed by atoms with van der Waals surface area (Å²) < 4.78 is 19.0. The SMILES string of the molecule is CNC(=O)[C@H](Cc1ccccc1)N(Cc1ccc(F)cc1)C(=O)COc1ccccc1. The van der Waals surface area contributed by atoms with Crippen LogP contribution < -0.4 is 10.1 Å². The van der Waals surface area contributed by atoms with E-state index in [-0.39, 0.29) is 30.8 Å². The van der Waals surface area contributed by atoms with E-state index >= 15 is 0 Å². The standard InChI is InChI=1S/C25H25FN2O3/c1-27-25(30)23(16-19-8-4-2-5-9-19)28(17-20-12-14-21(26)15-13-20)24(29)18-31-22-10-6-3-7-11-22/h2-15,23H,16-18H2,1H3,(H,27,30)/t23-/m0/s1. The molecule has 1 N–H and O–H groups in total. The number of amides is 2. The van der Waals surface area contributed by atoms with E-state index in [1.165, 1.54) is 17.0 Å². The van der Waals surface area contributed by atoms with Crippen LogP contribution in [0.2, 0.25) is 0 Å². The van der Waals surface area contributed by atoms with Crippen molar-refractivity contribution in [3.63, 3.8) is 0 Å². The first-order valence-electron chi connectivity index (χ1n) is 10.0. The molecule has 0 aromatic heterocycles. The predicted octanol–water partition coefficient (Wildman–Crippen LogP) is 3.59. The lowest BCUT2D eigenvalue weighted by Crippen LogP contribution is -2.51. The van der Waals surface area contributed by atoms with Crippen molar-refractivity contribution in [2.45, 2.75) is 19.0 Å². The monoisotopic (exact) mass is 420 g/mol. The molecular weight excluding hydrogens is 395 g/mol. The van der Waals surface area contributed by atoms with Gasteiger partial charge in [0, 0.05) is 20.0 Å². The van der Waals surface area contributed by atoms with Crippen LogP contribution >= 0.6 is 0 Å². The molecule has 6 heteroatoms. The molecule has 0 aliphatic heterocycles. The van der Waals surface area contributed by atoms with E-state index in [0.717, 1.165) is 11.1 Å². The molecule has 0 saturated heterocycles. The van der Waals surface area contributed by atoms with Gasteiger partial charge in [0.1, 0.15) is 17.6 Å². The Morgan fingerprint density at radius 3 is 2.13 bits per heavy atom. The van der Waals surface area contributed by atoms with E-state index in [0.29, 0.717) is 12.2 Å². The van der Waals surface area contributed by atoms with Gasteiger partial charge < -0.3 is 15.0 Å². The molecule has 0 radical (unpaired) electrons. The van der Waals surface area contributed by atoms with Crippen molar-refractivity contribution in [1.29, 1.82) is 0 Å². The minimum Gasteiger partial charge on any atom is -0.484 e. The summed E-state index contributed by atoms with van der Waals surface area (Å²) in [6.07, 6.45) is 0.346. The minimum absolute atomic E-state index is 0.155. The summed E-state index contributed by atoms with van der Waals surface area (Å²) in [6.45, 7) is -0.0598. The number of hydrogen-bond donors (Lipinski definition) is 1. The number of likely N-dealkylation sites (N-methyl/N-ethyl adjacent to an activating group) is 1. The highest BCUT2D eigenvalue weighted by molar-refractivity contribution is 5.88. The number of benzene rings is 3. The highest BCUT2D eigenvalue weighted by Gasteiger charge is 2.30. The molecule has 0 bridgehead atoms. The molecule has 5 nitrogen and oxygen atoms in total. The van der Waals surface area contributed by atoms with Gasteiger partial charge in [-0.1, -0.05) is 60.7 Å². The molecule has 3 rings (SSSR count). The predicted molar refractivity (Wildman–Crippen MR) is 117 cm³/mol. The number of halogens is 1. The highest BCUT2D eigenvalue weighted by atomic mass is 19.1. The summed E-state index contributed by atoms with van der Waals surface area (Å²) in [4.78, 5) is 27.4. The van der Waals surface area contributed by atoms with Gasteiger partial charge in [-0.25, -0.2) is 4.39 Å². The molecule has 31 heavy (non-hydrogen) atoms. The van der Waals surface area contributed by atoms with Crippen molar-refractivity contribution in [3.8, 4) is 5.75 Å². The fourth-order valence-electron chi connectivity index (χ4n) is 3.25. The van der Waals surface area contributed by atoms with Crippen LogP contribution in [0, 0.1) is 5.82 Å². The number of carbonyl (C=O) groups is 2. The molecule has 2 amide bonds. The zero-order valence-corrected chi connectivity index (χ0v) is 17.3. The van der Waals surface area contributed by atoms with Gasteiger partial charge in [-0.05, 0) is 35.4 Å². The van der Waals surface area contributed by atoms with Crippen LogP contribution in [0.4, 0.5) is 4.39 Å². The van der Waals surface area contributed by atoms with Gasteiger partial charge in [-0.2, -0.15) is 0 Å². The number of rotatable bonds is 9. The molecule has 3 aromatic carbocycles. The molecule has 160 valence electrons. The second-order valence-electron chi connectivity index (χ2n) is 7.07. The topological polar surface area (TPSA) is 58.6 Å². The number of hydrogen-bond acceptors (Lipinski definition) is 3. The number of nitrogens with zero attached hydrogens (tertiary/aromatic N) is 1. The normalized spacial score (nSPS) is 11.4. The molecule has 1 atom stereocenters. The van der Waals surface area contributed by atoms with Crippen LogP contribution in [0.15, 0.2) is 84.9 Å². The molecule has 0 fully saturated rings. The Labute approximate surface area is 181 Å². The second kappa shape index (κ2) is 10.9. The van der Waals surface area contributed by atoms with Crippen molar-refractivity contribution in [2.75, 3.05) is 13.7 Å². The van der Waals surface area contributed by atoms with Gasteiger partial charge in [-0.15, -0.1) is 0 Å². The van der Waals surface area contributed by atoms with Crippen molar-refractivity contribution >= 4 is 11.8 Å². The highest BCUT2D eigenvalue weighted by Crippen LogP contribution is 2.16. The Balaban J connectivity index is 1.86. The first-order chi connectivity index (χ1) is 15.1. The molecular formula is C25H25FN2O3. The van der Waals surface area contributed by atoms with Gasteiger partial charge >= 0.3 is 0 Å². The van der Waals surface area contributed by atoms with E-state index in [1.807, 2.05) is 48.5 Å². The third-order valence-corrected chi connectivity index (χ3v) is 4.89. The zero-order valence-electron chi connectivity index (χ0n) is 17.3. The number of ether oxygens (including phenoxy) is 1. The summed E-state index contributed by atoms with van der Waals surface area (Å²) in [5.41, 5.74) is 1.65. The molecule has 0 aliphatic carbocycles. The maximum absolute atomic E-state index is 13.4. The van der Waals surface area contributed by atoms with E-state index in [1.54, 1.807) is 31.3 Å². The average Bonchev–Trinajstić information content (AvgIpc) is 2.81. The third-order valence-electron chi connectivity index (χ3n) is 4.89. The first kappa shape index (κ1) is 22.0. The van der Waals surface area contributed by atoms with Gasteiger partial charge in [-0.3, -0.25) is 9.59 Å². The Kier molecular flexibility index (Phi) is 7.76. The lowest BCUT2D eigenvalue weighted by molar-refractivity contribution is -0.142. The molecule has 0 aliphatic rings. The van der Waals surface area contributed by atoms with Gasteiger partial charge in [0.2, 0.25) is 5.91 Å². The molecule has 0 spiro atoms. The maximum Gasteiger partial charge on any atom is 0.261 e. The summed E-state index contributed by atoms with van der Waals surface area (Å²) in [6, 6.07) is 23.7. The molecule has 3 aromatic rings. The smallest absolute Gasteiger partial charge is 0.261 e. The quantitative estimate of drug-likeness (QED) is 0.576. The van der Waals surface area contributed by atoms with Crippen LogP contribution in [0.1, 0.15) is 11.1 Å². The second-order valence-corrected chi connectivity index (χ2v) is 7.07. The largest absolute Gasteiger partial charge is 0.484 e. The van der Waals surface area contributed by atoms with Crippen LogP contribution in [0.25, 0.3) is 0 Å². The first-order valence-corrected chi connectivity index (χ1v) is 10.0. The maximum atomic E-state index is 13.4. The van der Waals surface area contributed by atoms with E-state index < -0.39 is 6.04 Å². The van der Waals surface area contributed by atoms with Crippen molar-refractivity contribution in [1.82, 2.24) is 10.2 Å². The summed E-state index contributed by atoms with van der Waals surface area (Å²) in [5.74, 6) is -0.407. The molecule has 0 unspecified atom stereocenters. The van der Waals surface area contributed by atoms with Crippen LogP contribution in [0.3, 0.4) is 0 Å². The van der Waals surface area contributed by atoms with Crippen molar-refractivity contribution in [2.24, 2.45) is 0 Å². The Morgan fingerprint density at radius 1 is 0.903 bits per heavy atom. The Morgan fingerprint density at radius 2 is 1.52 bits per heavy atom. The lowest BCUT2D eigenvalue weighted by atomic mass is 10.0. The molecule has 0 saturated carbocycles. The van der Waals surface area contributed by atoms with Crippen molar-refractivity contribution in [3.05, 3.63) is 102 Å². The fourth-order valence-corrected chi connectivity index (χ4v) is 3.25. The fraction of sp³-hybridized carbons (Fsp3) is 0.200. The van der Waals surface area contributed by atoms with Gasteiger partial charge in [0.05, 0.1) is 0 Å². The van der Waals surface area contributed by atoms with E-state index in [2.05, 4.69) is 5.32 Å².